The molecule has 0 atom stereocenters. The Morgan fingerprint density at radius 1 is 0.969 bits per heavy atom. The molecule has 4 rings (SSSR count). The Balaban J connectivity index is 1.51. The van der Waals surface area contributed by atoms with Crippen molar-refractivity contribution in [1.82, 2.24) is 9.47 Å². The maximum absolute atomic E-state index is 13.0. The molecule has 0 unspecified atom stereocenters. The van der Waals surface area contributed by atoms with Crippen LogP contribution in [-0.4, -0.2) is 40.2 Å². The number of hydrogen-bond acceptors (Lipinski definition) is 3. The SMILES string of the molecule is CCCCc1ccc(NC(=O)C(=O)c2cn(CC(=O)N3CCCC3)c3ccccc23)cc1. The number of anilines is 1. The maximum atomic E-state index is 13.0. The molecule has 1 aromatic heterocycles. The van der Waals surface area contributed by atoms with Crippen molar-refractivity contribution in [2.45, 2.75) is 45.6 Å². The number of likely N-dealkylation sites (tertiary alicyclic amines) is 1. The van der Waals surface area contributed by atoms with Crippen molar-refractivity contribution in [2.75, 3.05) is 18.4 Å². The van der Waals surface area contributed by atoms with Crippen molar-refractivity contribution in [3.8, 4) is 0 Å². The van der Waals surface area contributed by atoms with Gasteiger partial charge in [-0.25, -0.2) is 0 Å². The highest BCUT2D eigenvalue weighted by atomic mass is 16.2. The van der Waals surface area contributed by atoms with E-state index in [4.69, 9.17) is 0 Å². The van der Waals surface area contributed by atoms with Gasteiger partial charge in [-0.05, 0) is 49.4 Å². The van der Waals surface area contributed by atoms with E-state index < -0.39 is 11.7 Å². The van der Waals surface area contributed by atoms with E-state index in [-0.39, 0.29) is 12.5 Å². The number of fused-ring (bicyclic) bond motifs is 1. The van der Waals surface area contributed by atoms with Crippen molar-refractivity contribution in [1.29, 1.82) is 0 Å². The zero-order valence-corrected chi connectivity index (χ0v) is 18.5. The number of carbonyl (C=O) groups is 3. The number of amides is 2. The Morgan fingerprint density at radius 2 is 1.69 bits per heavy atom. The first-order chi connectivity index (χ1) is 15.6. The van der Waals surface area contributed by atoms with E-state index >= 15 is 0 Å². The molecular formula is C26H29N3O3. The van der Waals surface area contributed by atoms with Gasteiger partial charge in [-0.3, -0.25) is 14.4 Å². The Kier molecular flexibility index (Phi) is 6.69. The molecule has 0 saturated carbocycles. The zero-order chi connectivity index (χ0) is 22.5. The number of nitrogens with one attached hydrogen (secondary N) is 1. The van der Waals surface area contributed by atoms with Crippen LogP contribution in [0.5, 0.6) is 0 Å². The van der Waals surface area contributed by atoms with Gasteiger partial charge in [0, 0.05) is 35.9 Å². The van der Waals surface area contributed by atoms with Gasteiger partial charge in [0.2, 0.25) is 5.91 Å². The highest BCUT2D eigenvalue weighted by molar-refractivity contribution is 6.48. The average molecular weight is 432 g/mol. The summed E-state index contributed by atoms with van der Waals surface area (Å²) in [7, 11) is 0. The first-order valence-electron chi connectivity index (χ1n) is 11.4. The van der Waals surface area contributed by atoms with Crippen LogP contribution in [0.1, 0.15) is 48.5 Å². The van der Waals surface area contributed by atoms with Crippen LogP contribution in [0.25, 0.3) is 10.9 Å². The van der Waals surface area contributed by atoms with Gasteiger partial charge in [0.05, 0.1) is 5.56 Å². The summed E-state index contributed by atoms with van der Waals surface area (Å²) in [5.41, 5.74) is 2.89. The van der Waals surface area contributed by atoms with Gasteiger partial charge in [-0.15, -0.1) is 0 Å². The lowest BCUT2D eigenvalue weighted by Crippen LogP contribution is -2.30. The van der Waals surface area contributed by atoms with E-state index in [0.29, 0.717) is 16.6 Å². The van der Waals surface area contributed by atoms with Gasteiger partial charge in [-0.1, -0.05) is 43.7 Å². The molecule has 2 heterocycles. The molecular weight excluding hydrogens is 402 g/mol. The number of unbranched alkanes of at least 4 members (excludes halogenated alkanes) is 1. The van der Waals surface area contributed by atoms with E-state index in [1.54, 1.807) is 10.8 Å². The second-order valence-electron chi connectivity index (χ2n) is 8.36. The van der Waals surface area contributed by atoms with Gasteiger partial charge >= 0.3 is 0 Å². The first-order valence-corrected chi connectivity index (χ1v) is 11.4. The number of carbonyl (C=O) groups excluding carboxylic acids is 3. The lowest BCUT2D eigenvalue weighted by Gasteiger charge is -2.15. The fourth-order valence-electron chi connectivity index (χ4n) is 4.22. The molecule has 6 heteroatoms. The Hall–Kier alpha value is -3.41. The highest BCUT2D eigenvalue weighted by Crippen LogP contribution is 2.23. The van der Waals surface area contributed by atoms with Crippen LogP contribution >= 0.6 is 0 Å². The number of ketones is 1. The summed E-state index contributed by atoms with van der Waals surface area (Å²) in [6, 6.07) is 15.0. The van der Waals surface area contributed by atoms with E-state index in [9.17, 15) is 14.4 Å². The molecule has 0 spiro atoms. The predicted octanol–water partition coefficient (Wildman–Crippen LogP) is 4.43. The molecule has 0 bridgehead atoms. The predicted molar refractivity (Wildman–Crippen MR) is 126 cm³/mol. The summed E-state index contributed by atoms with van der Waals surface area (Å²) in [6.45, 7) is 3.88. The smallest absolute Gasteiger partial charge is 0.296 e. The van der Waals surface area contributed by atoms with E-state index in [2.05, 4.69) is 12.2 Å². The standard InChI is InChI=1S/C26H29N3O3/c1-2-3-8-19-11-13-20(14-12-19)27-26(32)25(31)22-17-29(23-10-5-4-9-21(22)23)18-24(30)28-15-6-7-16-28/h4-5,9-14,17H,2-3,6-8,15-16,18H2,1H3,(H,27,32). The van der Waals surface area contributed by atoms with Crippen LogP contribution in [0.4, 0.5) is 5.69 Å². The quantitative estimate of drug-likeness (QED) is 0.424. The topological polar surface area (TPSA) is 71.4 Å². The molecule has 1 fully saturated rings. The fraction of sp³-hybridized carbons (Fsp3) is 0.346. The lowest BCUT2D eigenvalue weighted by atomic mass is 10.1. The maximum Gasteiger partial charge on any atom is 0.296 e. The molecule has 3 aromatic rings. The Labute approximate surface area is 188 Å². The van der Waals surface area contributed by atoms with Crippen molar-refractivity contribution < 1.29 is 14.4 Å². The van der Waals surface area contributed by atoms with Gasteiger partial charge in [0.15, 0.2) is 0 Å². The molecule has 0 radical (unpaired) electrons. The van der Waals surface area contributed by atoms with Crippen LogP contribution < -0.4 is 5.32 Å². The van der Waals surface area contributed by atoms with Crippen molar-refractivity contribution in [3.05, 3.63) is 65.9 Å². The molecule has 1 aliphatic rings. The van der Waals surface area contributed by atoms with Crippen molar-refractivity contribution in [3.63, 3.8) is 0 Å². The highest BCUT2D eigenvalue weighted by Gasteiger charge is 2.24. The molecule has 32 heavy (non-hydrogen) atoms. The number of benzene rings is 2. The summed E-state index contributed by atoms with van der Waals surface area (Å²) in [4.78, 5) is 40.2. The van der Waals surface area contributed by atoms with Crippen molar-refractivity contribution >= 4 is 34.2 Å². The van der Waals surface area contributed by atoms with Crippen LogP contribution in [0.2, 0.25) is 0 Å². The van der Waals surface area contributed by atoms with Gasteiger partial charge < -0.3 is 14.8 Å². The largest absolute Gasteiger partial charge is 0.341 e. The summed E-state index contributed by atoms with van der Waals surface area (Å²) in [5.74, 6) is -1.25. The molecule has 1 aliphatic heterocycles. The third kappa shape index (κ3) is 4.74. The summed E-state index contributed by atoms with van der Waals surface area (Å²) in [6.07, 6.45) is 6.94. The number of hydrogen-bond donors (Lipinski definition) is 1. The Morgan fingerprint density at radius 3 is 2.41 bits per heavy atom. The minimum absolute atomic E-state index is 0.0369. The molecule has 1 saturated heterocycles. The Bertz CT molecular complexity index is 1120. The molecule has 2 amide bonds. The first kappa shape index (κ1) is 21.8. The van der Waals surface area contributed by atoms with E-state index in [0.717, 1.165) is 50.7 Å². The second kappa shape index (κ2) is 9.81. The summed E-state index contributed by atoms with van der Waals surface area (Å²) >= 11 is 0. The fourth-order valence-corrected chi connectivity index (χ4v) is 4.22. The number of rotatable bonds is 8. The zero-order valence-electron chi connectivity index (χ0n) is 18.5. The number of aromatic nitrogens is 1. The van der Waals surface area contributed by atoms with Crippen LogP contribution in [0.3, 0.4) is 0 Å². The molecule has 2 aromatic carbocycles. The van der Waals surface area contributed by atoms with Gasteiger partial charge in [-0.2, -0.15) is 0 Å². The number of nitrogens with zero attached hydrogens (tertiary/aromatic N) is 2. The third-order valence-corrected chi connectivity index (χ3v) is 6.03. The summed E-state index contributed by atoms with van der Waals surface area (Å²) < 4.78 is 1.78. The molecule has 6 nitrogen and oxygen atoms in total. The monoisotopic (exact) mass is 431 g/mol. The average Bonchev–Trinajstić information content (AvgIpc) is 3.47. The number of Topliss-reactive ketones (excluding diaryl/α,β-unsaturated/α-hetero) is 1. The molecule has 1 N–H and O–H groups in total. The van der Waals surface area contributed by atoms with Crippen LogP contribution in [0, 0.1) is 0 Å². The lowest BCUT2D eigenvalue weighted by molar-refractivity contribution is -0.130. The third-order valence-electron chi connectivity index (χ3n) is 6.03. The van der Waals surface area contributed by atoms with E-state index in [1.165, 1.54) is 5.56 Å². The van der Waals surface area contributed by atoms with Gasteiger partial charge in [0.25, 0.3) is 11.7 Å². The van der Waals surface area contributed by atoms with Gasteiger partial charge in [0.1, 0.15) is 6.54 Å². The van der Waals surface area contributed by atoms with Crippen LogP contribution in [0.15, 0.2) is 54.7 Å². The van der Waals surface area contributed by atoms with Crippen molar-refractivity contribution in [2.24, 2.45) is 0 Å². The second-order valence-corrected chi connectivity index (χ2v) is 8.36. The molecule has 166 valence electrons. The van der Waals surface area contributed by atoms with E-state index in [1.807, 2.05) is 53.4 Å². The number of aryl methyl sites for hydroxylation is 1. The normalized spacial score (nSPS) is 13.5. The minimum Gasteiger partial charge on any atom is -0.341 e. The summed E-state index contributed by atoms with van der Waals surface area (Å²) in [5, 5.41) is 3.39. The number of para-hydroxylation sites is 1. The molecule has 0 aliphatic carbocycles. The minimum atomic E-state index is -0.680. The van der Waals surface area contributed by atoms with Crippen LogP contribution in [-0.2, 0) is 22.6 Å².